The molecular weight excluding hydrogens is 306 g/mol. The third kappa shape index (κ3) is 3.43. The minimum atomic E-state index is -0.401. The summed E-state index contributed by atoms with van der Waals surface area (Å²) in [6.07, 6.45) is 4.21. The van der Waals surface area contributed by atoms with Gasteiger partial charge in [0.1, 0.15) is 0 Å². The highest BCUT2D eigenvalue weighted by molar-refractivity contribution is 5.95. The maximum atomic E-state index is 12.5. The fourth-order valence-electron chi connectivity index (χ4n) is 3.90. The topological polar surface area (TPSA) is 84.3 Å². The van der Waals surface area contributed by atoms with E-state index in [1.807, 2.05) is 20.8 Å². The second-order valence-electron chi connectivity index (χ2n) is 8.02. The lowest BCUT2D eigenvalue weighted by atomic mass is 9.85. The van der Waals surface area contributed by atoms with Crippen molar-refractivity contribution in [2.24, 2.45) is 0 Å². The average Bonchev–Trinajstić information content (AvgIpc) is 2.84. The first-order chi connectivity index (χ1) is 11.2. The minimum absolute atomic E-state index is 0.0144. The summed E-state index contributed by atoms with van der Waals surface area (Å²) in [5.74, 6) is -0.218. The molecule has 3 rings (SSSR count). The van der Waals surface area contributed by atoms with E-state index in [-0.39, 0.29) is 23.1 Å². The van der Waals surface area contributed by atoms with Crippen molar-refractivity contribution >= 4 is 11.6 Å². The molecule has 0 radical (unpaired) electrons. The van der Waals surface area contributed by atoms with Gasteiger partial charge in [-0.15, -0.1) is 0 Å². The Morgan fingerprint density at radius 2 is 1.88 bits per heavy atom. The first-order valence-corrected chi connectivity index (χ1v) is 8.60. The Bertz CT molecular complexity index is 654. The molecule has 2 bridgehead atoms. The lowest BCUT2D eigenvalue weighted by Crippen LogP contribution is -2.48. The summed E-state index contributed by atoms with van der Waals surface area (Å²) in [5.41, 5.74) is 0.677. The van der Waals surface area contributed by atoms with Gasteiger partial charge in [-0.3, -0.25) is 14.9 Å². The molecule has 6 heteroatoms. The Balaban J connectivity index is 1.77. The number of benzene rings is 1. The predicted molar refractivity (Wildman–Crippen MR) is 92.2 cm³/mol. The third-order valence-electron chi connectivity index (χ3n) is 5.07. The van der Waals surface area contributed by atoms with Crippen molar-refractivity contribution in [3.05, 3.63) is 39.4 Å². The molecule has 2 heterocycles. The van der Waals surface area contributed by atoms with Crippen molar-refractivity contribution < 1.29 is 9.72 Å². The molecule has 2 aliphatic rings. The molecule has 0 aliphatic carbocycles. The van der Waals surface area contributed by atoms with E-state index in [0.29, 0.717) is 23.2 Å². The quantitative estimate of drug-likeness (QED) is 0.659. The molecule has 2 aliphatic heterocycles. The number of amides is 1. The normalized spacial score (nSPS) is 26.2. The molecule has 1 amide bonds. The maximum absolute atomic E-state index is 12.5. The number of hydrogen-bond donors (Lipinski definition) is 2. The summed E-state index contributed by atoms with van der Waals surface area (Å²) in [6, 6.07) is 5.94. The van der Waals surface area contributed by atoms with E-state index in [2.05, 4.69) is 10.6 Å². The van der Waals surface area contributed by atoms with Crippen LogP contribution in [0.25, 0.3) is 0 Å². The van der Waals surface area contributed by atoms with Crippen molar-refractivity contribution in [3.8, 4) is 0 Å². The van der Waals surface area contributed by atoms with E-state index >= 15 is 0 Å². The summed E-state index contributed by atoms with van der Waals surface area (Å²) >= 11 is 0. The number of nitrogens with one attached hydrogen (secondary N) is 2. The van der Waals surface area contributed by atoms with Crippen LogP contribution >= 0.6 is 0 Å². The van der Waals surface area contributed by atoms with Gasteiger partial charge >= 0.3 is 0 Å². The van der Waals surface area contributed by atoms with E-state index in [1.165, 1.54) is 18.9 Å². The maximum Gasteiger partial charge on any atom is 0.273 e. The molecule has 1 aromatic carbocycles. The number of nitrogens with zero attached hydrogens (tertiary/aromatic N) is 1. The molecule has 24 heavy (non-hydrogen) atoms. The van der Waals surface area contributed by atoms with Crippen molar-refractivity contribution in [3.63, 3.8) is 0 Å². The predicted octanol–water partition coefficient (Wildman–Crippen LogP) is 2.91. The Labute approximate surface area is 142 Å². The number of nitro benzene ring substituents is 1. The fourth-order valence-corrected chi connectivity index (χ4v) is 3.90. The number of carbonyl (C=O) groups is 1. The Hall–Kier alpha value is -1.95. The van der Waals surface area contributed by atoms with Crippen molar-refractivity contribution in [1.29, 1.82) is 0 Å². The van der Waals surface area contributed by atoms with Crippen LogP contribution in [0.3, 0.4) is 0 Å². The van der Waals surface area contributed by atoms with Gasteiger partial charge in [-0.05, 0) is 37.2 Å². The highest BCUT2D eigenvalue weighted by Gasteiger charge is 2.34. The van der Waals surface area contributed by atoms with E-state index in [4.69, 9.17) is 0 Å². The zero-order valence-electron chi connectivity index (χ0n) is 14.5. The largest absolute Gasteiger partial charge is 0.349 e. The highest BCUT2D eigenvalue weighted by Crippen LogP contribution is 2.32. The van der Waals surface area contributed by atoms with Gasteiger partial charge in [0.15, 0.2) is 0 Å². The van der Waals surface area contributed by atoms with Gasteiger partial charge in [0.25, 0.3) is 11.6 Å². The molecule has 2 unspecified atom stereocenters. The van der Waals surface area contributed by atoms with E-state index in [1.54, 1.807) is 12.1 Å². The molecule has 0 saturated carbocycles. The summed E-state index contributed by atoms with van der Waals surface area (Å²) in [6.45, 7) is 5.79. The van der Waals surface area contributed by atoms with Gasteiger partial charge in [0.2, 0.25) is 0 Å². The Morgan fingerprint density at radius 3 is 2.42 bits per heavy atom. The smallest absolute Gasteiger partial charge is 0.273 e. The molecule has 0 aromatic heterocycles. The zero-order valence-corrected chi connectivity index (χ0v) is 14.5. The van der Waals surface area contributed by atoms with Gasteiger partial charge in [0.05, 0.1) is 4.92 Å². The minimum Gasteiger partial charge on any atom is -0.349 e. The van der Waals surface area contributed by atoms with Crippen molar-refractivity contribution in [1.82, 2.24) is 10.6 Å². The summed E-state index contributed by atoms with van der Waals surface area (Å²) in [7, 11) is 0. The number of rotatable bonds is 3. The molecule has 0 spiro atoms. The van der Waals surface area contributed by atoms with Crippen LogP contribution in [0.2, 0.25) is 0 Å². The SMILES string of the molecule is CC(C)(C)c1ccc(C(=O)NC2CC3CCC(C2)N3)cc1[N+](=O)[O-]. The van der Waals surface area contributed by atoms with E-state index in [0.717, 1.165) is 12.8 Å². The van der Waals surface area contributed by atoms with Crippen LogP contribution in [0.15, 0.2) is 18.2 Å². The number of piperidine rings is 1. The number of hydrogen-bond acceptors (Lipinski definition) is 4. The van der Waals surface area contributed by atoms with Crippen molar-refractivity contribution in [2.75, 3.05) is 0 Å². The van der Waals surface area contributed by atoms with Gasteiger partial charge in [-0.1, -0.05) is 26.8 Å². The summed E-state index contributed by atoms with van der Waals surface area (Å²) < 4.78 is 0. The standard InChI is InChI=1S/C18H25N3O3/c1-18(2,3)15-7-4-11(8-16(15)21(23)24)17(22)20-14-9-12-5-6-13(10-14)19-12/h4,7-8,12-14,19H,5-6,9-10H2,1-3H3,(H,20,22). The van der Waals surface area contributed by atoms with Crippen LogP contribution in [0.4, 0.5) is 5.69 Å². The molecule has 130 valence electrons. The van der Waals surface area contributed by atoms with Gasteiger partial charge < -0.3 is 10.6 Å². The molecule has 6 nitrogen and oxygen atoms in total. The first-order valence-electron chi connectivity index (χ1n) is 8.60. The van der Waals surface area contributed by atoms with Crippen LogP contribution in [-0.2, 0) is 5.41 Å². The molecule has 2 saturated heterocycles. The second-order valence-corrected chi connectivity index (χ2v) is 8.02. The van der Waals surface area contributed by atoms with E-state index < -0.39 is 4.92 Å². The molecular formula is C18H25N3O3. The Kier molecular flexibility index (Phi) is 4.34. The van der Waals surface area contributed by atoms with Crippen LogP contribution in [0, 0.1) is 10.1 Å². The van der Waals surface area contributed by atoms with Crippen LogP contribution < -0.4 is 10.6 Å². The third-order valence-corrected chi connectivity index (χ3v) is 5.07. The lowest BCUT2D eigenvalue weighted by molar-refractivity contribution is -0.386. The number of nitro groups is 1. The molecule has 2 atom stereocenters. The van der Waals surface area contributed by atoms with Crippen molar-refractivity contribution in [2.45, 2.75) is 70.0 Å². The number of fused-ring (bicyclic) bond motifs is 2. The highest BCUT2D eigenvalue weighted by atomic mass is 16.6. The fraction of sp³-hybridized carbons (Fsp3) is 0.611. The summed E-state index contributed by atoms with van der Waals surface area (Å²) in [4.78, 5) is 23.5. The van der Waals surface area contributed by atoms with Gasteiger partial charge in [-0.25, -0.2) is 0 Å². The zero-order chi connectivity index (χ0) is 17.5. The number of carbonyl (C=O) groups excluding carboxylic acids is 1. The monoisotopic (exact) mass is 331 g/mol. The van der Waals surface area contributed by atoms with Crippen LogP contribution in [0.5, 0.6) is 0 Å². The van der Waals surface area contributed by atoms with E-state index in [9.17, 15) is 14.9 Å². The average molecular weight is 331 g/mol. The molecule has 2 fully saturated rings. The van der Waals surface area contributed by atoms with Gasteiger partial charge in [-0.2, -0.15) is 0 Å². The van der Waals surface area contributed by atoms with Crippen LogP contribution in [-0.4, -0.2) is 29.0 Å². The summed E-state index contributed by atoms with van der Waals surface area (Å²) in [5, 5.41) is 18.0. The molecule has 1 aromatic rings. The lowest BCUT2D eigenvalue weighted by Gasteiger charge is -2.29. The first kappa shape index (κ1) is 16.9. The second kappa shape index (κ2) is 6.16. The molecule has 2 N–H and O–H groups in total. The van der Waals surface area contributed by atoms with Gasteiger partial charge in [0, 0.05) is 35.3 Å². The Morgan fingerprint density at radius 1 is 1.25 bits per heavy atom. The van der Waals surface area contributed by atoms with Crippen LogP contribution in [0.1, 0.15) is 62.4 Å².